The molecule has 2 N–H and O–H groups in total. The van der Waals surface area contributed by atoms with Crippen molar-refractivity contribution in [1.82, 2.24) is 10.4 Å². The molecule has 0 aromatic rings. The van der Waals surface area contributed by atoms with Crippen molar-refractivity contribution in [2.45, 2.75) is 84.0 Å². The van der Waals surface area contributed by atoms with Crippen molar-refractivity contribution in [3.05, 3.63) is 0 Å². The van der Waals surface area contributed by atoms with E-state index in [0.717, 1.165) is 12.8 Å². The lowest BCUT2D eigenvalue weighted by Crippen LogP contribution is -2.72. The van der Waals surface area contributed by atoms with Crippen molar-refractivity contribution < 1.29 is 26.8 Å². The fourth-order valence-electron chi connectivity index (χ4n) is 3.46. The summed E-state index contributed by atoms with van der Waals surface area (Å²) in [6, 6.07) is -0.583. The maximum absolute atomic E-state index is 11.5. The summed E-state index contributed by atoms with van der Waals surface area (Å²) in [4.78, 5) is 17.4. The van der Waals surface area contributed by atoms with E-state index in [4.69, 9.17) is 13.6 Å². The average molecular weight is 366 g/mol. The van der Waals surface area contributed by atoms with Gasteiger partial charge in [-0.15, -0.1) is 0 Å². The highest BCUT2D eigenvalue weighted by Crippen LogP contribution is 2.40. The summed E-state index contributed by atoms with van der Waals surface area (Å²) in [5.74, 6) is -0.295. The van der Waals surface area contributed by atoms with Gasteiger partial charge in [0.25, 0.3) is 0 Å². The molecule has 0 radical (unpaired) electrons. The van der Waals surface area contributed by atoms with Crippen LogP contribution in [0.2, 0.25) is 0 Å². The van der Waals surface area contributed by atoms with Gasteiger partial charge in [0.05, 0.1) is 18.2 Å². The van der Waals surface area contributed by atoms with Crippen LogP contribution in [0.15, 0.2) is 0 Å². The van der Waals surface area contributed by atoms with E-state index in [9.17, 15) is 13.2 Å². The minimum Gasteiger partial charge on any atom is -0.351 e. The second-order valence-electron chi connectivity index (χ2n) is 7.40. The SMILES string of the molecule is CCCCON1C(C)(C)CC(NC(C)=O)C(OS(=O)(=O)O)C1(C)C. The Bertz CT molecular complexity index is 546. The topological polar surface area (TPSA) is 105 Å². The second-order valence-corrected chi connectivity index (χ2v) is 8.45. The number of piperidine rings is 1. The van der Waals surface area contributed by atoms with E-state index in [1.807, 2.05) is 20.8 Å². The van der Waals surface area contributed by atoms with Crippen molar-refractivity contribution in [3.63, 3.8) is 0 Å². The van der Waals surface area contributed by atoms with Gasteiger partial charge in [0.2, 0.25) is 5.91 Å². The number of carbonyl (C=O) groups is 1. The van der Waals surface area contributed by atoms with Crippen LogP contribution in [-0.2, 0) is 24.2 Å². The number of amides is 1. The molecule has 0 aromatic heterocycles. The molecule has 0 bridgehead atoms. The quantitative estimate of drug-likeness (QED) is 0.521. The lowest BCUT2D eigenvalue weighted by molar-refractivity contribution is -0.303. The molecule has 1 saturated heterocycles. The van der Waals surface area contributed by atoms with Crippen LogP contribution in [0.3, 0.4) is 0 Å². The summed E-state index contributed by atoms with van der Waals surface area (Å²) in [6.07, 6.45) is 1.24. The highest BCUT2D eigenvalue weighted by Gasteiger charge is 2.55. The number of unbranched alkanes of at least 4 members (excludes halogenated alkanes) is 1. The molecule has 0 aromatic carbocycles. The van der Waals surface area contributed by atoms with Gasteiger partial charge >= 0.3 is 10.4 Å². The van der Waals surface area contributed by atoms with Gasteiger partial charge in [0, 0.05) is 12.5 Å². The van der Waals surface area contributed by atoms with E-state index in [2.05, 4.69) is 5.32 Å². The Hall–Kier alpha value is -0.740. The van der Waals surface area contributed by atoms with Crippen LogP contribution in [-0.4, -0.2) is 53.8 Å². The number of hydroxylamine groups is 2. The standard InChI is InChI=1S/C15H30N2O6S/c1-7-8-9-22-17-14(3,4)10-12(16-11(2)18)13(15(17,5)6)23-24(19,20)21/h12-13H,7-10H2,1-6H3,(H,16,18)(H,19,20,21). The first-order valence-electron chi connectivity index (χ1n) is 8.17. The van der Waals surface area contributed by atoms with E-state index in [0.29, 0.717) is 13.0 Å². The molecule has 2 atom stereocenters. The maximum Gasteiger partial charge on any atom is 0.397 e. The Kier molecular flexibility index (Phi) is 6.79. The van der Waals surface area contributed by atoms with Crippen LogP contribution in [0.25, 0.3) is 0 Å². The van der Waals surface area contributed by atoms with Crippen LogP contribution in [0.5, 0.6) is 0 Å². The van der Waals surface area contributed by atoms with E-state index in [1.54, 1.807) is 18.9 Å². The molecule has 1 fully saturated rings. The summed E-state index contributed by atoms with van der Waals surface area (Å²) in [6.45, 7) is 11.3. The Morgan fingerprint density at radius 3 is 2.38 bits per heavy atom. The van der Waals surface area contributed by atoms with Gasteiger partial charge in [0.1, 0.15) is 6.10 Å². The van der Waals surface area contributed by atoms with Gasteiger partial charge in [-0.2, -0.15) is 13.5 Å². The molecule has 0 saturated carbocycles. The van der Waals surface area contributed by atoms with Gasteiger partial charge < -0.3 is 5.32 Å². The van der Waals surface area contributed by atoms with Crippen LogP contribution in [0, 0.1) is 0 Å². The molecule has 1 aliphatic rings. The molecule has 1 aliphatic heterocycles. The van der Waals surface area contributed by atoms with Crippen LogP contribution in [0.4, 0.5) is 0 Å². The van der Waals surface area contributed by atoms with Gasteiger partial charge in [0.15, 0.2) is 0 Å². The van der Waals surface area contributed by atoms with Crippen LogP contribution < -0.4 is 5.32 Å². The minimum absolute atomic E-state index is 0.295. The Balaban J connectivity index is 3.19. The van der Waals surface area contributed by atoms with E-state index in [1.165, 1.54) is 6.92 Å². The van der Waals surface area contributed by atoms with Crippen molar-refractivity contribution >= 4 is 16.3 Å². The third kappa shape index (κ3) is 5.38. The maximum atomic E-state index is 11.5. The van der Waals surface area contributed by atoms with Gasteiger partial charge in [-0.05, 0) is 40.5 Å². The van der Waals surface area contributed by atoms with Gasteiger partial charge in [-0.1, -0.05) is 13.3 Å². The number of carbonyl (C=O) groups excluding carboxylic acids is 1. The van der Waals surface area contributed by atoms with Crippen molar-refractivity contribution in [1.29, 1.82) is 0 Å². The average Bonchev–Trinajstić information content (AvgIpc) is 2.36. The first-order chi connectivity index (χ1) is 10.8. The third-order valence-corrected chi connectivity index (χ3v) is 4.64. The minimum atomic E-state index is -4.68. The first kappa shape index (κ1) is 21.3. The molecule has 1 amide bonds. The molecule has 2 unspecified atom stereocenters. The number of nitrogens with zero attached hydrogens (tertiary/aromatic N) is 1. The summed E-state index contributed by atoms with van der Waals surface area (Å²) >= 11 is 0. The summed E-state index contributed by atoms with van der Waals surface area (Å²) in [5, 5.41) is 4.46. The molecule has 9 heteroatoms. The fourth-order valence-corrected chi connectivity index (χ4v) is 4.09. The van der Waals surface area contributed by atoms with Gasteiger partial charge in [-0.25, -0.2) is 4.18 Å². The highest BCUT2D eigenvalue weighted by atomic mass is 32.3. The zero-order chi connectivity index (χ0) is 18.8. The molecule has 1 heterocycles. The Labute approximate surface area is 144 Å². The zero-order valence-electron chi connectivity index (χ0n) is 15.3. The predicted molar refractivity (Wildman–Crippen MR) is 89.5 cm³/mol. The molecular formula is C15H30N2O6S. The molecule has 0 spiro atoms. The molecular weight excluding hydrogens is 336 g/mol. The molecule has 8 nitrogen and oxygen atoms in total. The van der Waals surface area contributed by atoms with Crippen LogP contribution >= 0.6 is 0 Å². The van der Waals surface area contributed by atoms with Crippen molar-refractivity contribution in [3.8, 4) is 0 Å². The third-order valence-electron chi connectivity index (χ3n) is 4.19. The normalized spacial score (nSPS) is 27.0. The van der Waals surface area contributed by atoms with E-state index >= 15 is 0 Å². The number of nitrogens with one attached hydrogen (secondary N) is 1. The Morgan fingerprint density at radius 1 is 1.33 bits per heavy atom. The summed E-state index contributed by atoms with van der Waals surface area (Å²) in [5.41, 5.74) is -1.37. The summed E-state index contributed by atoms with van der Waals surface area (Å²) in [7, 11) is -4.68. The molecule has 1 rings (SSSR count). The predicted octanol–water partition coefficient (Wildman–Crippen LogP) is 1.67. The first-order valence-corrected chi connectivity index (χ1v) is 9.54. The zero-order valence-corrected chi connectivity index (χ0v) is 16.1. The number of hydrogen-bond acceptors (Lipinski definition) is 6. The molecule has 142 valence electrons. The lowest BCUT2D eigenvalue weighted by atomic mass is 9.76. The summed E-state index contributed by atoms with van der Waals surface area (Å²) < 4.78 is 36.7. The molecule has 0 aliphatic carbocycles. The van der Waals surface area contributed by atoms with Crippen molar-refractivity contribution in [2.75, 3.05) is 6.61 Å². The van der Waals surface area contributed by atoms with Crippen LogP contribution in [0.1, 0.15) is 60.8 Å². The fraction of sp³-hybridized carbons (Fsp3) is 0.933. The largest absolute Gasteiger partial charge is 0.397 e. The van der Waals surface area contributed by atoms with E-state index < -0.39 is 33.6 Å². The smallest absolute Gasteiger partial charge is 0.351 e. The number of rotatable bonds is 7. The monoisotopic (exact) mass is 366 g/mol. The molecule has 24 heavy (non-hydrogen) atoms. The van der Waals surface area contributed by atoms with Gasteiger partial charge in [-0.3, -0.25) is 14.2 Å². The van der Waals surface area contributed by atoms with Crippen molar-refractivity contribution in [2.24, 2.45) is 0 Å². The van der Waals surface area contributed by atoms with E-state index in [-0.39, 0.29) is 5.91 Å². The Morgan fingerprint density at radius 2 is 1.92 bits per heavy atom. The second kappa shape index (κ2) is 7.65. The highest BCUT2D eigenvalue weighted by molar-refractivity contribution is 7.80. The number of hydrogen-bond donors (Lipinski definition) is 2. The lowest BCUT2D eigenvalue weighted by Gasteiger charge is -2.56.